The van der Waals surface area contributed by atoms with Crippen LogP contribution in [0.15, 0.2) is 48.7 Å². The lowest BCUT2D eigenvalue weighted by Gasteiger charge is -2.35. The van der Waals surface area contributed by atoms with Crippen LogP contribution in [-0.2, 0) is 13.6 Å². The third-order valence-corrected chi connectivity index (χ3v) is 5.12. The van der Waals surface area contributed by atoms with Crippen LogP contribution in [0.3, 0.4) is 0 Å². The number of aryl methyl sites for hydroxylation is 1. The van der Waals surface area contributed by atoms with E-state index in [2.05, 4.69) is 25.8 Å². The second-order valence-corrected chi connectivity index (χ2v) is 6.96. The summed E-state index contributed by atoms with van der Waals surface area (Å²) in [5.41, 5.74) is 2.45. The average molecular weight is 365 g/mol. The number of nitrogens with one attached hydrogen (secondary N) is 1. The van der Waals surface area contributed by atoms with Crippen molar-refractivity contribution in [1.82, 2.24) is 24.8 Å². The van der Waals surface area contributed by atoms with Crippen molar-refractivity contribution >= 4 is 16.9 Å². The van der Waals surface area contributed by atoms with Crippen LogP contribution in [0.1, 0.15) is 22.7 Å². The number of rotatable bonds is 4. The van der Waals surface area contributed by atoms with Gasteiger partial charge in [-0.15, -0.1) is 0 Å². The van der Waals surface area contributed by atoms with Crippen LogP contribution >= 0.6 is 0 Å². The van der Waals surface area contributed by atoms with Crippen molar-refractivity contribution in [2.24, 2.45) is 7.05 Å². The number of likely N-dealkylation sites (tertiary alicyclic amines) is 1. The highest BCUT2D eigenvalue weighted by Crippen LogP contribution is 2.18. The maximum absolute atomic E-state index is 12.3. The number of piperidine rings is 1. The molecule has 7 heteroatoms. The molecule has 2 aromatic heterocycles. The molecule has 1 aliphatic rings. The molecule has 27 heavy (non-hydrogen) atoms. The third kappa shape index (κ3) is 3.70. The SMILES string of the molecule is Cn1c(CN2CCC(NC(=O)c3ccccn3)C(O)C2)nc2ccccc21. The lowest BCUT2D eigenvalue weighted by molar-refractivity contribution is 0.0337. The maximum Gasteiger partial charge on any atom is 0.270 e. The Morgan fingerprint density at radius 3 is 2.81 bits per heavy atom. The summed E-state index contributed by atoms with van der Waals surface area (Å²) in [5.74, 6) is 0.725. The van der Waals surface area contributed by atoms with Crippen molar-refractivity contribution in [3.05, 3.63) is 60.2 Å². The van der Waals surface area contributed by atoms with Gasteiger partial charge in [0.2, 0.25) is 0 Å². The molecule has 140 valence electrons. The molecular weight excluding hydrogens is 342 g/mol. The Labute approximate surface area is 157 Å². The van der Waals surface area contributed by atoms with E-state index in [4.69, 9.17) is 4.98 Å². The van der Waals surface area contributed by atoms with Gasteiger partial charge in [0.25, 0.3) is 5.91 Å². The van der Waals surface area contributed by atoms with Crippen LogP contribution in [-0.4, -0.2) is 55.7 Å². The van der Waals surface area contributed by atoms with E-state index in [1.165, 1.54) is 0 Å². The molecule has 3 aromatic rings. The maximum atomic E-state index is 12.3. The summed E-state index contributed by atoms with van der Waals surface area (Å²) in [5, 5.41) is 13.4. The highest BCUT2D eigenvalue weighted by atomic mass is 16.3. The van der Waals surface area contributed by atoms with Gasteiger partial charge in [0, 0.05) is 26.3 Å². The zero-order valence-electron chi connectivity index (χ0n) is 15.2. The molecule has 1 fully saturated rings. The highest BCUT2D eigenvalue weighted by molar-refractivity contribution is 5.92. The summed E-state index contributed by atoms with van der Waals surface area (Å²) in [6, 6.07) is 13.0. The Bertz CT molecular complexity index is 940. The monoisotopic (exact) mass is 365 g/mol. The molecule has 2 unspecified atom stereocenters. The summed E-state index contributed by atoms with van der Waals surface area (Å²) < 4.78 is 2.09. The lowest BCUT2D eigenvalue weighted by Crippen LogP contribution is -2.54. The number of carbonyl (C=O) groups is 1. The number of aliphatic hydroxyl groups excluding tert-OH is 1. The van der Waals surface area contributed by atoms with Crippen LogP contribution in [0.5, 0.6) is 0 Å². The Morgan fingerprint density at radius 1 is 1.26 bits per heavy atom. The molecule has 0 aliphatic carbocycles. The fraction of sp³-hybridized carbons (Fsp3) is 0.350. The first-order chi connectivity index (χ1) is 13.1. The first kappa shape index (κ1) is 17.6. The number of benzene rings is 1. The third-order valence-electron chi connectivity index (χ3n) is 5.12. The van der Waals surface area contributed by atoms with E-state index in [0.29, 0.717) is 25.2 Å². The number of para-hydroxylation sites is 2. The van der Waals surface area contributed by atoms with E-state index < -0.39 is 6.10 Å². The standard InChI is InChI=1S/C20H23N5O2/c1-24-17-8-3-2-6-14(17)22-19(24)13-25-11-9-15(18(26)12-25)23-20(27)16-7-4-5-10-21-16/h2-8,10,15,18,26H,9,11-13H2,1H3,(H,23,27). The topological polar surface area (TPSA) is 83.3 Å². The minimum atomic E-state index is -0.624. The van der Waals surface area contributed by atoms with Gasteiger partial charge >= 0.3 is 0 Å². The van der Waals surface area contributed by atoms with Gasteiger partial charge in [0.05, 0.1) is 29.7 Å². The zero-order chi connectivity index (χ0) is 18.8. The van der Waals surface area contributed by atoms with Crippen LogP contribution in [0, 0.1) is 0 Å². The molecule has 0 spiro atoms. The number of carbonyl (C=O) groups excluding carboxylic acids is 1. The van der Waals surface area contributed by atoms with Crippen LogP contribution in [0.25, 0.3) is 11.0 Å². The molecule has 4 rings (SSSR count). The summed E-state index contributed by atoms with van der Waals surface area (Å²) in [6.07, 6.45) is 1.65. The molecule has 2 atom stereocenters. The van der Waals surface area contributed by atoms with Gasteiger partial charge in [-0.05, 0) is 30.7 Å². The number of nitrogens with zero attached hydrogens (tertiary/aromatic N) is 4. The predicted octanol–water partition coefficient (Wildman–Crippen LogP) is 1.33. The van der Waals surface area contributed by atoms with Crippen molar-refractivity contribution in [2.45, 2.75) is 25.1 Å². The molecule has 1 aromatic carbocycles. The van der Waals surface area contributed by atoms with E-state index in [1.807, 2.05) is 25.2 Å². The minimum absolute atomic E-state index is 0.247. The molecule has 2 N–H and O–H groups in total. The fourth-order valence-corrected chi connectivity index (χ4v) is 3.59. The van der Waals surface area contributed by atoms with Crippen molar-refractivity contribution < 1.29 is 9.90 Å². The van der Waals surface area contributed by atoms with Crippen molar-refractivity contribution in [1.29, 1.82) is 0 Å². The lowest BCUT2D eigenvalue weighted by atomic mass is 10.0. The number of aliphatic hydroxyl groups is 1. The smallest absolute Gasteiger partial charge is 0.270 e. The molecule has 1 amide bonds. The average Bonchev–Trinajstić information content (AvgIpc) is 3.00. The van der Waals surface area contributed by atoms with E-state index in [1.54, 1.807) is 24.4 Å². The number of hydrogen-bond donors (Lipinski definition) is 2. The van der Waals surface area contributed by atoms with Crippen LogP contribution < -0.4 is 5.32 Å². The van der Waals surface area contributed by atoms with E-state index in [9.17, 15) is 9.90 Å². The normalized spacial score (nSPS) is 20.7. The number of imidazole rings is 1. The Hall–Kier alpha value is -2.77. The first-order valence-electron chi connectivity index (χ1n) is 9.14. The number of fused-ring (bicyclic) bond motifs is 1. The number of pyridine rings is 1. The molecule has 0 saturated carbocycles. The molecule has 7 nitrogen and oxygen atoms in total. The fourth-order valence-electron chi connectivity index (χ4n) is 3.59. The molecule has 1 saturated heterocycles. The second-order valence-electron chi connectivity index (χ2n) is 6.96. The van der Waals surface area contributed by atoms with Gasteiger partial charge in [-0.1, -0.05) is 18.2 Å². The van der Waals surface area contributed by atoms with E-state index in [-0.39, 0.29) is 11.9 Å². The molecule has 0 bridgehead atoms. The first-order valence-corrected chi connectivity index (χ1v) is 9.14. The number of aromatic nitrogens is 3. The molecule has 1 aliphatic heterocycles. The van der Waals surface area contributed by atoms with Gasteiger partial charge in [-0.2, -0.15) is 0 Å². The van der Waals surface area contributed by atoms with E-state index >= 15 is 0 Å². The number of β-amino-alcohol motifs (C(OH)–C–C–N with tert-alkyl or cyclic N) is 1. The van der Waals surface area contributed by atoms with Gasteiger partial charge in [0.15, 0.2) is 0 Å². The van der Waals surface area contributed by atoms with Crippen LogP contribution in [0.4, 0.5) is 0 Å². The van der Waals surface area contributed by atoms with Crippen LogP contribution in [0.2, 0.25) is 0 Å². The highest BCUT2D eigenvalue weighted by Gasteiger charge is 2.30. The summed E-state index contributed by atoms with van der Waals surface area (Å²) in [4.78, 5) is 23.2. The number of hydrogen-bond acceptors (Lipinski definition) is 5. The molecular formula is C20H23N5O2. The van der Waals surface area contributed by atoms with Gasteiger partial charge in [-0.25, -0.2) is 4.98 Å². The molecule has 0 radical (unpaired) electrons. The zero-order valence-corrected chi connectivity index (χ0v) is 15.2. The summed E-state index contributed by atoms with van der Waals surface area (Å²) in [6.45, 7) is 1.95. The Balaban J connectivity index is 1.38. The van der Waals surface area contributed by atoms with Gasteiger partial charge in [-0.3, -0.25) is 14.7 Å². The van der Waals surface area contributed by atoms with Crippen molar-refractivity contribution in [3.8, 4) is 0 Å². The Kier molecular flexibility index (Phi) is 4.87. The van der Waals surface area contributed by atoms with Gasteiger partial charge < -0.3 is 15.0 Å². The van der Waals surface area contributed by atoms with E-state index in [0.717, 1.165) is 23.4 Å². The summed E-state index contributed by atoms with van der Waals surface area (Å²) in [7, 11) is 2.01. The minimum Gasteiger partial charge on any atom is -0.390 e. The quantitative estimate of drug-likeness (QED) is 0.729. The van der Waals surface area contributed by atoms with Crippen molar-refractivity contribution in [2.75, 3.05) is 13.1 Å². The predicted molar refractivity (Wildman–Crippen MR) is 102 cm³/mol. The molecule has 3 heterocycles. The largest absolute Gasteiger partial charge is 0.390 e. The summed E-state index contributed by atoms with van der Waals surface area (Å²) >= 11 is 0. The van der Waals surface area contributed by atoms with Gasteiger partial charge in [0.1, 0.15) is 11.5 Å². The van der Waals surface area contributed by atoms with Crippen molar-refractivity contribution in [3.63, 3.8) is 0 Å². The second kappa shape index (κ2) is 7.46. The number of amides is 1. The Morgan fingerprint density at radius 2 is 2.07 bits per heavy atom.